The van der Waals surface area contributed by atoms with E-state index < -0.39 is 23.1 Å². The van der Waals surface area contributed by atoms with Crippen molar-refractivity contribution in [3.8, 4) is 17.0 Å². The van der Waals surface area contributed by atoms with Crippen LogP contribution in [0.5, 0.6) is 5.88 Å². The van der Waals surface area contributed by atoms with E-state index in [0.29, 0.717) is 49.1 Å². The predicted octanol–water partition coefficient (Wildman–Crippen LogP) is 4.13. The van der Waals surface area contributed by atoms with Crippen LogP contribution in [0.3, 0.4) is 0 Å². The SMILES string of the molecule is Cc1ccc(NC(=O)c2cc(C(F)(F)F)ccn2)cc1-c1cc(OCCO)nc(C2(CO)CCOCC2)c1. The van der Waals surface area contributed by atoms with Gasteiger partial charge in [0.05, 0.1) is 24.5 Å². The summed E-state index contributed by atoms with van der Waals surface area (Å²) in [6, 6.07) is 10.2. The van der Waals surface area contributed by atoms with Crippen LogP contribution in [0.25, 0.3) is 11.1 Å². The Labute approximate surface area is 217 Å². The van der Waals surface area contributed by atoms with Crippen LogP contribution < -0.4 is 10.1 Å². The molecule has 0 radical (unpaired) electrons. The van der Waals surface area contributed by atoms with Crippen LogP contribution in [-0.2, 0) is 16.3 Å². The van der Waals surface area contributed by atoms with Gasteiger partial charge in [-0.2, -0.15) is 13.2 Å². The number of hydrogen-bond acceptors (Lipinski definition) is 7. The van der Waals surface area contributed by atoms with Gasteiger partial charge >= 0.3 is 6.18 Å². The molecule has 0 saturated carbocycles. The molecule has 4 rings (SSSR count). The van der Waals surface area contributed by atoms with Gasteiger partial charge in [-0.3, -0.25) is 9.78 Å². The number of hydrogen-bond donors (Lipinski definition) is 3. The number of ether oxygens (including phenoxy) is 2. The van der Waals surface area contributed by atoms with Crippen molar-refractivity contribution in [2.75, 3.05) is 38.4 Å². The smallest absolute Gasteiger partial charge is 0.416 e. The summed E-state index contributed by atoms with van der Waals surface area (Å²) in [6.07, 6.45) is -2.52. The van der Waals surface area contributed by atoms with E-state index in [2.05, 4.69) is 15.3 Å². The Balaban J connectivity index is 1.69. The molecular formula is C27H28F3N3O5. The molecule has 0 spiro atoms. The zero-order chi connectivity index (χ0) is 27.3. The number of benzene rings is 1. The molecular weight excluding hydrogens is 503 g/mol. The highest BCUT2D eigenvalue weighted by molar-refractivity contribution is 6.03. The zero-order valence-electron chi connectivity index (χ0n) is 20.7. The number of aliphatic hydroxyl groups is 2. The maximum atomic E-state index is 13.1. The van der Waals surface area contributed by atoms with E-state index in [4.69, 9.17) is 9.47 Å². The average molecular weight is 532 g/mol. The Kier molecular flexibility index (Phi) is 8.29. The monoisotopic (exact) mass is 531 g/mol. The molecule has 0 atom stereocenters. The van der Waals surface area contributed by atoms with Gasteiger partial charge in [0.2, 0.25) is 5.88 Å². The summed E-state index contributed by atoms with van der Waals surface area (Å²) in [5, 5.41) is 22.1. The minimum absolute atomic E-state index is 0.0319. The van der Waals surface area contributed by atoms with E-state index in [1.807, 2.05) is 13.0 Å². The Morgan fingerprint density at radius 1 is 1.13 bits per heavy atom. The summed E-state index contributed by atoms with van der Waals surface area (Å²) in [6.45, 7) is 2.52. The van der Waals surface area contributed by atoms with Crippen molar-refractivity contribution in [2.24, 2.45) is 0 Å². The molecule has 0 unspecified atom stereocenters. The second-order valence-electron chi connectivity index (χ2n) is 9.11. The largest absolute Gasteiger partial charge is 0.475 e. The van der Waals surface area contributed by atoms with Gasteiger partial charge < -0.3 is 25.0 Å². The number of rotatable bonds is 8. The summed E-state index contributed by atoms with van der Waals surface area (Å²) in [4.78, 5) is 21.1. The fourth-order valence-electron chi connectivity index (χ4n) is 4.35. The van der Waals surface area contributed by atoms with Gasteiger partial charge in [-0.05, 0) is 66.8 Å². The second-order valence-corrected chi connectivity index (χ2v) is 9.11. The zero-order valence-corrected chi connectivity index (χ0v) is 20.7. The lowest BCUT2D eigenvalue weighted by Crippen LogP contribution is -2.38. The maximum Gasteiger partial charge on any atom is 0.416 e. The van der Waals surface area contributed by atoms with Gasteiger partial charge in [0, 0.05) is 36.6 Å². The molecule has 1 aliphatic heterocycles. The number of alkyl halides is 3. The number of aromatic nitrogens is 2. The third-order valence-electron chi connectivity index (χ3n) is 6.57. The van der Waals surface area contributed by atoms with Gasteiger partial charge in [-0.25, -0.2) is 4.98 Å². The molecule has 0 aliphatic carbocycles. The lowest BCUT2D eigenvalue weighted by molar-refractivity contribution is -0.137. The Hall–Kier alpha value is -3.54. The molecule has 3 N–H and O–H groups in total. The molecule has 1 saturated heterocycles. The molecule has 2 aromatic heterocycles. The molecule has 8 nitrogen and oxygen atoms in total. The molecule has 3 heterocycles. The summed E-state index contributed by atoms with van der Waals surface area (Å²) in [5.41, 5.74) is 1.30. The van der Waals surface area contributed by atoms with Crippen molar-refractivity contribution in [1.29, 1.82) is 0 Å². The van der Waals surface area contributed by atoms with E-state index >= 15 is 0 Å². The number of aliphatic hydroxyl groups excluding tert-OH is 2. The molecule has 202 valence electrons. The first-order valence-corrected chi connectivity index (χ1v) is 12.1. The fourth-order valence-corrected chi connectivity index (χ4v) is 4.35. The first-order valence-electron chi connectivity index (χ1n) is 12.1. The lowest BCUT2D eigenvalue weighted by Gasteiger charge is -2.35. The fraction of sp³-hybridized carbons (Fsp3) is 0.370. The highest BCUT2D eigenvalue weighted by Gasteiger charge is 2.36. The number of anilines is 1. The molecule has 1 fully saturated rings. The second kappa shape index (κ2) is 11.5. The summed E-state index contributed by atoms with van der Waals surface area (Å²) < 4.78 is 50.3. The van der Waals surface area contributed by atoms with Crippen LogP contribution in [-0.4, -0.2) is 59.1 Å². The molecule has 38 heavy (non-hydrogen) atoms. The minimum Gasteiger partial charge on any atom is -0.475 e. The third-order valence-corrected chi connectivity index (χ3v) is 6.57. The molecule has 3 aromatic rings. The van der Waals surface area contributed by atoms with Gasteiger partial charge in [-0.15, -0.1) is 0 Å². The first-order chi connectivity index (χ1) is 18.1. The van der Waals surface area contributed by atoms with Crippen LogP contribution in [0, 0.1) is 6.92 Å². The van der Waals surface area contributed by atoms with Crippen LogP contribution in [0.4, 0.5) is 18.9 Å². The number of carbonyl (C=O) groups is 1. The summed E-state index contributed by atoms with van der Waals surface area (Å²) >= 11 is 0. The topological polar surface area (TPSA) is 114 Å². The number of pyridine rings is 2. The average Bonchev–Trinajstić information content (AvgIpc) is 2.92. The van der Waals surface area contributed by atoms with E-state index in [1.54, 1.807) is 24.3 Å². The number of amides is 1. The van der Waals surface area contributed by atoms with Crippen molar-refractivity contribution in [3.63, 3.8) is 0 Å². The minimum atomic E-state index is -4.60. The van der Waals surface area contributed by atoms with E-state index in [1.165, 1.54) is 0 Å². The Morgan fingerprint density at radius 3 is 2.58 bits per heavy atom. The van der Waals surface area contributed by atoms with Crippen molar-refractivity contribution >= 4 is 11.6 Å². The van der Waals surface area contributed by atoms with E-state index in [9.17, 15) is 28.2 Å². The summed E-state index contributed by atoms with van der Waals surface area (Å²) in [7, 11) is 0. The van der Waals surface area contributed by atoms with Crippen molar-refractivity contribution in [1.82, 2.24) is 9.97 Å². The predicted molar refractivity (Wildman–Crippen MR) is 133 cm³/mol. The Bertz CT molecular complexity index is 1290. The maximum absolute atomic E-state index is 13.1. The van der Waals surface area contributed by atoms with Crippen LogP contribution in [0.2, 0.25) is 0 Å². The standard InChI is InChI=1S/C27H28F3N3O5/c1-17-2-3-20(32-25(36)22-14-19(4-7-31-22)27(28,29)30)15-21(17)18-12-23(33-24(13-18)38-11-8-34)26(16-35)5-9-37-10-6-26/h2-4,7,12-15,34-35H,5-6,8-11,16H2,1H3,(H,32,36). The number of carbonyl (C=O) groups excluding carboxylic acids is 1. The number of aryl methyl sites for hydroxylation is 1. The first kappa shape index (κ1) is 27.5. The third kappa shape index (κ3) is 6.12. The quantitative estimate of drug-likeness (QED) is 0.401. The van der Waals surface area contributed by atoms with Crippen LogP contribution in [0.1, 0.15) is 40.2 Å². The van der Waals surface area contributed by atoms with Gasteiger partial charge in [0.1, 0.15) is 12.3 Å². The van der Waals surface area contributed by atoms with Crippen molar-refractivity contribution in [3.05, 3.63) is 71.2 Å². The van der Waals surface area contributed by atoms with Crippen molar-refractivity contribution in [2.45, 2.75) is 31.4 Å². The molecule has 11 heteroatoms. The highest BCUT2D eigenvalue weighted by Crippen LogP contribution is 2.38. The normalized spacial score (nSPS) is 15.2. The van der Waals surface area contributed by atoms with E-state index in [-0.39, 0.29) is 31.4 Å². The number of nitrogens with zero attached hydrogens (tertiary/aromatic N) is 2. The number of nitrogens with one attached hydrogen (secondary N) is 1. The Morgan fingerprint density at radius 2 is 1.89 bits per heavy atom. The summed E-state index contributed by atoms with van der Waals surface area (Å²) in [5.74, 6) is -0.511. The van der Waals surface area contributed by atoms with Crippen LogP contribution >= 0.6 is 0 Å². The highest BCUT2D eigenvalue weighted by atomic mass is 19.4. The van der Waals surface area contributed by atoms with Crippen LogP contribution in [0.15, 0.2) is 48.7 Å². The molecule has 1 aliphatic rings. The lowest BCUT2D eigenvalue weighted by atomic mass is 9.77. The van der Waals surface area contributed by atoms with Crippen molar-refractivity contribution < 1.29 is 37.7 Å². The molecule has 1 amide bonds. The molecule has 0 bridgehead atoms. The van der Waals surface area contributed by atoms with Gasteiger partial charge in [0.25, 0.3) is 5.91 Å². The van der Waals surface area contributed by atoms with Gasteiger partial charge in [-0.1, -0.05) is 6.07 Å². The molecule has 1 aromatic carbocycles. The number of halogens is 3. The van der Waals surface area contributed by atoms with E-state index in [0.717, 1.165) is 23.4 Å². The van der Waals surface area contributed by atoms with Gasteiger partial charge in [0.15, 0.2) is 0 Å².